The summed E-state index contributed by atoms with van der Waals surface area (Å²) in [6.45, 7) is 0.559. The van der Waals surface area contributed by atoms with E-state index < -0.39 is 0 Å². The Kier molecular flexibility index (Phi) is 6.63. The quantitative estimate of drug-likeness (QED) is 0.801. The Morgan fingerprint density at radius 2 is 1.91 bits per heavy atom. The molecule has 1 amide bonds. The molecule has 2 rings (SSSR count). The molecule has 3 nitrogen and oxygen atoms in total. The van der Waals surface area contributed by atoms with Crippen molar-refractivity contribution in [3.63, 3.8) is 0 Å². The van der Waals surface area contributed by atoms with E-state index in [1.54, 1.807) is 12.1 Å². The fourth-order valence-corrected chi connectivity index (χ4v) is 2.87. The summed E-state index contributed by atoms with van der Waals surface area (Å²) < 4.78 is 0.834. The van der Waals surface area contributed by atoms with Gasteiger partial charge in [0.05, 0.1) is 10.6 Å². The zero-order valence-electron chi connectivity index (χ0n) is 13.2. The molecule has 0 aliphatic rings. The lowest BCUT2D eigenvalue weighted by Gasteiger charge is -2.25. The van der Waals surface area contributed by atoms with E-state index in [0.29, 0.717) is 17.1 Å². The van der Waals surface area contributed by atoms with E-state index in [1.807, 2.05) is 38.4 Å². The van der Waals surface area contributed by atoms with Crippen molar-refractivity contribution in [3.05, 3.63) is 69.2 Å². The molecule has 5 heteroatoms. The molecule has 1 atom stereocenters. The van der Waals surface area contributed by atoms with E-state index >= 15 is 0 Å². The van der Waals surface area contributed by atoms with Gasteiger partial charge in [0.1, 0.15) is 0 Å². The van der Waals surface area contributed by atoms with Gasteiger partial charge < -0.3 is 10.2 Å². The molecule has 2 aromatic carbocycles. The third kappa shape index (κ3) is 5.34. The number of likely N-dealkylation sites (N-methyl/N-ethyl adjacent to an activating group) is 1. The van der Waals surface area contributed by atoms with Crippen molar-refractivity contribution in [1.82, 2.24) is 10.2 Å². The van der Waals surface area contributed by atoms with Gasteiger partial charge in [0.15, 0.2) is 0 Å². The van der Waals surface area contributed by atoms with Crippen LogP contribution in [-0.4, -0.2) is 37.5 Å². The van der Waals surface area contributed by atoms with Crippen LogP contribution in [0.2, 0.25) is 5.02 Å². The van der Waals surface area contributed by atoms with Gasteiger partial charge >= 0.3 is 0 Å². The number of carbonyl (C=O) groups is 1. The molecule has 1 N–H and O–H groups in total. The standard InChI is InChI=1S/C18H20BrClN2O/c1-22(2)15(10-13-6-4-3-5-7-13)12-21-18(23)16-11-14(19)8-9-17(16)20/h3-9,11,15H,10,12H2,1-2H3,(H,21,23). The Hall–Kier alpha value is -1.36. The van der Waals surface area contributed by atoms with E-state index in [4.69, 9.17) is 11.6 Å². The summed E-state index contributed by atoms with van der Waals surface area (Å²) >= 11 is 9.47. The second-order valence-corrected chi connectivity index (χ2v) is 6.96. The first-order chi connectivity index (χ1) is 11.0. The van der Waals surface area contributed by atoms with Gasteiger partial charge in [-0.15, -0.1) is 0 Å². The van der Waals surface area contributed by atoms with Gasteiger partial charge in [-0.05, 0) is 44.3 Å². The lowest BCUT2D eigenvalue weighted by atomic mass is 10.0. The minimum Gasteiger partial charge on any atom is -0.350 e. The second-order valence-electron chi connectivity index (χ2n) is 5.64. The largest absolute Gasteiger partial charge is 0.350 e. The Morgan fingerprint density at radius 3 is 2.57 bits per heavy atom. The predicted octanol–water partition coefficient (Wildman–Crippen LogP) is 4.01. The summed E-state index contributed by atoms with van der Waals surface area (Å²) in [5.41, 5.74) is 1.74. The molecule has 0 aliphatic heterocycles. The molecule has 0 heterocycles. The van der Waals surface area contributed by atoms with Gasteiger partial charge in [0.2, 0.25) is 0 Å². The van der Waals surface area contributed by atoms with Gasteiger partial charge in [0, 0.05) is 17.1 Å². The molecular weight excluding hydrogens is 376 g/mol. The molecule has 0 aliphatic carbocycles. The Morgan fingerprint density at radius 1 is 1.22 bits per heavy atom. The number of benzene rings is 2. The highest BCUT2D eigenvalue weighted by atomic mass is 79.9. The van der Waals surface area contributed by atoms with Gasteiger partial charge in [0.25, 0.3) is 5.91 Å². The van der Waals surface area contributed by atoms with E-state index in [1.165, 1.54) is 5.56 Å². The molecule has 23 heavy (non-hydrogen) atoms. The highest BCUT2D eigenvalue weighted by Crippen LogP contribution is 2.20. The highest BCUT2D eigenvalue weighted by molar-refractivity contribution is 9.10. The summed E-state index contributed by atoms with van der Waals surface area (Å²) in [5.74, 6) is -0.156. The zero-order valence-corrected chi connectivity index (χ0v) is 15.6. The molecule has 0 radical (unpaired) electrons. The molecule has 0 aromatic heterocycles. The average Bonchev–Trinajstić information content (AvgIpc) is 2.54. The number of rotatable bonds is 6. The van der Waals surface area contributed by atoms with Crippen molar-refractivity contribution >= 4 is 33.4 Å². The number of halogens is 2. The maximum Gasteiger partial charge on any atom is 0.252 e. The van der Waals surface area contributed by atoms with E-state index in [0.717, 1.165) is 10.9 Å². The number of nitrogens with zero attached hydrogens (tertiary/aromatic N) is 1. The van der Waals surface area contributed by atoms with Crippen molar-refractivity contribution in [2.24, 2.45) is 0 Å². The Balaban J connectivity index is 2.01. The molecule has 122 valence electrons. The zero-order chi connectivity index (χ0) is 16.8. The Bertz CT molecular complexity index is 661. The number of hydrogen-bond donors (Lipinski definition) is 1. The van der Waals surface area contributed by atoms with Gasteiger partial charge in [-0.25, -0.2) is 0 Å². The lowest BCUT2D eigenvalue weighted by Crippen LogP contribution is -2.41. The predicted molar refractivity (Wildman–Crippen MR) is 99.1 cm³/mol. The van der Waals surface area contributed by atoms with E-state index in [-0.39, 0.29) is 11.9 Å². The molecule has 2 aromatic rings. The molecular formula is C18H20BrClN2O. The number of amides is 1. The smallest absolute Gasteiger partial charge is 0.252 e. The molecule has 0 saturated heterocycles. The molecule has 0 spiro atoms. The first-order valence-electron chi connectivity index (χ1n) is 7.41. The third-order valence-corrected chi connectivity index (χ3v) is 4.54. The summed E-state index contributed by atoms with van der Waals surface area (Å²) in [5, 5.41) is 3.44. The minimum atomic E-state index is -0.156. The van der Waals surface area contributed by atoms with Crippen molar-refractivity contribution in [1.29, 1.82) is 0 Å². The first-order valence-corrected chi connectivity index (χ1v) is 8.58. The van der Waals surface area contributed by atoms with Crippen molar-refractivity contribution in [2.75, 3.05) is 20.6 Å². The number of nitrogens with one attached hydrogen (secondary N) is 1. The third-order valence-electron chi connectivity index (χ3n) is 3.72. The van der Waals surface area contributed by atoms with Crippen LogP contribution in [0.25, 0.3) is 0 Å². The minimum absolute atomic E-state index is 0.156. The normalized spacial score (nSPS) is 12.2. The van der Waals surface area contributed by atoms with Gasteiger partial charge in [-0.2, -0.15) is 0 Å². The second kappa shape index (κ2) is 8.48. The van der Waals surface area contributed by atoms with E-state index in [9.17, 15) is 4.79 Å². The average molecular weight is 396 g/mol. The van der Waals surface area contributed by atoms with Crippen LogP contribution in [-0.2, 0) is 6.42 Å². The fraction of sp³-hybridized carbons (Fsp3) is 0.278. The maximum atomic E-state index is 12.4. The molecule has 0 bridgehead atoms. The molecule has 0 saturated carbocycles. The monoisotopic (exact) mass is 394 g/mol. The van der Waals surface area contributed by atoms with Gasteiger partial charge in [-0.1, -0.05) is 57.9 Å². The molecule has 0 fully saturated rings. The maximum absolute atomic E-state index is 12.4. The van der Waals surface area contributed by atoms with Crippen LogP contribution in [0.5, 0.6) is 0 Å². The number of hydrogen-bond acceptors (Lipinski definition) is 2. The summed E-state index contributed by atoms with van der Waals surface area (Å²) in [6, 6.07) is 15.7. The first kappa shape index (κ1) is 18.0. The summed E-state index contributed by atoms with van der Waals surface area (Å²) in [6.07, 6.45) is 0.875. The van der Waals surface area contributed by atoms with Crippen LogP contribution in [0.15, 0.2) is 53.0 Å². The number of carbonyl (C=O) groups excluding carboxylic acids is 1. The lowest BCUT2D eigenvalue weighted by molar-refractivity contribution is 0.0942. The van der Waals surface area contributed by atoms with E-state index in [2.05, 4.69) is 38.3 Å². The van der Waals surface area contributed by atoms with Gasteiger partial charge in [-0.3, -0.25) is 4.79 Å². The topological polar surface area (TPSA) is 32.3 Å². The summed E-state index contributed by atoms with van der Waals surface area (Å²) in [7, 11) is 4.04. The summed E-state index contributed by atoms with van der Waals surface area (Å²) in [4.78, 5) is 14.5. The van der Waals surface area contributed by atoms with Crippen molar-refractivity contribution in [2.45, 2.75) is 12.5 Å². The van der Waals surface area contributed by atoms with Crippen LogP contribution in [0.4, 0.5) is 0 Å². The van der Waals surface area contributed by atoms with Crippen molar-refractivity contribution in [3.8, 4) is 0 Å². The SMILES string of the molecule is CN(C)C(CNC(=O)c1cc(Br)ccc1Cl)Cc1ccccc1. The van der Waals surface area contributed by atoms with Crippen molar-refractivity contribution < 1.29 is 4.79 Å². The molecule has 1 unspecified atom stereocenters. The van der Waals surface area contributed by atoms with Crippen LogP contribution in [0.1, 0.15) is 15.9 Å². The van der Waals surface area contributed by atoms with Crippen LogP contribution < -0.4 is 5.32 Å². The van der Waals surface area contributed by atoms with Crippen LogP contribution >= 0.6 is 27.5 Å². The van der Waals surface area contributed by atoms with Crippen LogP contribution in [0, 0.1) is 0 Å². The fourth-order valence-electron chi connectivity index (χ4n) is 2.30. The van der Waals surface area contributed by atoms with Crippen LogP contribution in [0.3, 0.4) is 0 Å². The Labute approximate surface area is 150 Å². The highest BCUT2D eigenvalue weighted by Gasteiger charge is 2.16.